The van der Waals surface area contributed by atoms with Crippen molar-refractivity contribution in [3.63, 3.8) is 0 Å². The Morgan fingerprint density at radius 1 is 1.26 bits per heavy atom. The molecule has 0 saturated carbocycles. The zero-order valence-electron chi connectivity index (χ0n) is 13.0. The van der Waals surface area contributed by atoms with Gasteiger partial charge < -0.3 is 14.8 Å². The molecule has 1 N–H and O–H groups in total. The number of aryl methyl sites for hydroxylation is 1. The summed E-state index contributed by atoms with van der Waals surface area (Å²) in [5.74, 6) is 1.66. The molecule has 0 radical (unpaired) electrons. The minimum atomic E-state index is 0.0784. The van der Waals surface area contributed by atoms with Crippen LogP contribution < -0.4 is 14.8 Å². The Kier molecular flexibility index (Phi) is 5.13. The number of benzene rings is 1. The Morgan fingerprint density at radius 2 is 2.13 bits per heavy atom. The quantitative estimate of drug-likeness (QED) is 0.846. The van der Waals surface area contributed by atoms with Gasteiger partial charge in [-0.05, 0) is 36.6 Å². The number of hydrogen-bond acceptors (Lipinski definition) is 4. The van der Waals surface area contributed by atoms with Gasteiger partial charge in [-0.2, -0.15) is 5.10 Å². The van der Waals surface area contributed by atoms with E-state index in [-0.39, 0.29) is 5.91 Å². The average molecular weight is 315 g/mol. The smallest absolute Gasteiger partial charge is 0.220 e. The summed E-state index contributed by atoms with van der Waals surface area (Å²) in [6, 6.07) is 7.80. The van der Waals surface area contributed by atoms with E-state index in [4.69, 9.17) is 9.47 Å². The average Bonchev–Trinajstić information content (AvgIpc) is 3.08. The van der Waals surface area contributed by atoms with Crippen molar-refractivity contribution in [2.24, 2.45) is 0 Å². The van der Waals surface area contributed by atoms with Crippen molar-refractivity contribution in [1.82, 2.24) is 15.1 Å². The summed E-state index contributed by atoms with van der Waals surface area (Å²) in [4.78, 5) is 11.8. The second kappa shape index (κ2) is 7.67. The van der Waals surface area contributed by atoms with Crippen LogP contribution in [0.15, 0.2) is 36.7 Å². The maximum absolute atomic E-state index is 11.8. The lowest BCUT2D eigenvalue weighted by Crippen LogP contribution is -2.25. The minimum Gasteiger partial charge on any atom is -0.486 e. The highest BCUT2D eigenvalue weighted by molar-refractivity contribution is 5.75. The van der Waals surface area contributed by atoms with Gasteiger partial charge in [0.15, 0.2) is 11.5 Å². The summed E-state index contributed by atoms with van der Waals surface area (Å²) in [6.07, 6.45) is 5.73. The molecule has 0 bridgehead atoms. The maximum atomic E-state index is 11.8. The number of carbonyl (C=O) groups excluding carboxylic acids is 1. The number of nitrogens with zero attached hydrogens (tertiary/aromatic N) is 2. The second-order valence-electron chi connectivity index (χ2n) is 5.45. The molecule has 6 heteroatoms. The molecular weight excluding hydrogens is 294 g/mol. The summed E-state index contributed by atoms with van der Waals surface area (Å²) in [6.45, 7) is 2.58. The fourth-order valence-electron chi connectivity index (χ4n) is 2.51. The van der Waals surface area contributed by atoms with Gasteiger partial charge in [0.1, 0.15) is 13.2 Å². The largest absolute Gasteiger partial charge is 0.486 e. The lowest BCUT2D eigenvalue weighted by atomic mass is 10.1. The third-order valence-corrected chi connectivity index (χ3v) is 3.69. The minimum absolute atomic E-state index is 0.0784. The Hall–Kier alpha value is -2.50. The molecule has 2 aromatic rings. The number of amides is 1. The van der Waals surface area contributed by atoms with E-state index in [1.807, 2.05) is 35.1 Å². The number of fused-ring (bicyclic) bond motifs is 1. The molecule has 1 aliphatic rings. The molecule has 0 aliphatic carbocycles. The number of nitrogens with one attached hydrogen (secondary N) is 1. The van der Waals surface area contributed by atoms with E-state index in [0.29, 0.717) is 26.2 Å². The van der Waals surface area contributed by atoms with Crippen LogP contribution in [0.2, 0.25) is 0 Å². The molecule has 1 aliphatic heterocycles. The van der Waals surface area contributed by atoms with Gasteiger partial charge in [-0.25, -0.2) is 0 Å². The van der Waals surface area contributed by atoms with Gasteiger partial charge in [0.2, 0.25) is 5.91 Å². The fraction of sp³-hybridized carbons (Fsp3) is 0.412. The molecule has 0 atom stereocenters. The van der Waals surface area contributed by atoms with Gasteiger partial charge in [-0.1, -0.05) is 6.07 Å². The van der Waals surface area contributed by atoms with Crippen molar-refractivity contribution < 1.29 is 14.3 Å². The molecular formula is C17H21N3O3. The molecule has 1 aromatic carbocycles. The predicted molar refractivity (Wildman–Crippen MR) is 85.6 cm³/mol. The van der Waals surface area contributed by atoms with Gasteiger partial charge in [-0.3, -0.25) is 9.48 Å². The molecule has 0 saturated heterocycles. The monoisotopic (exact) mass is 315 g/mol. The summed E-state index contributed by atoms with van der Waals surface area (Å²) in [5, 5.41) is 7.06. The van der Waals surface area contributed by atoms with Crippen molar-refractivity contribution in [1.29, 1.82) is 0 Å². The van der Waals surface area contributed by atoms with Crippen LogP contribution in [0.4, 0.5) is 0 Å². The molecule has 2 heterocycles. The second-order valence-corrected chi connectivity index (χ2v) is 5.45. The van der Waals surface area contributed by atoms with E-state index in [0.717, 1.165) is 36.4 Å². The Balaban J connectivity index is 1.36. The predicted octanol–water partition coefficient (Wildman–Crippen LogP) is 1.79. The van der Waals surface area contributed by atoms with E-state index in [9.17, 15) is 4.79 Å². The van der Waals surface area contributed by atoms with Crippen LogP contribution in [0.25, 0.3) is 0 Å². The highest BCUT2D eigenvalue weighted by Crippen LogP contribution is 2.30. The summed E-state index contributed by atoms with van der Waals surface area (Å²) in [7, 11) is 0. The Bertz CT molecular complexity index is 641. The number of ether oxygens (including phenoxy) is 2. The first kappa shape index (κ1) is 15.4. The van der Waals surface area contributed by atoms with Crippen LogP contribution in [0.3, 0.4) is 0 Å². The zero-order chi connectivity index (χ0) is 15.9. The summed E-state index contributed by atoms with van der Waals surface area (Å²) >= 11 is 0. The van der Waals surface area contributed by atoms with Gasteiger partial charge >= 0.3 is 0 Å². The first-order chi connectivity index (χ1) is 11.3. The van der Waals surface area contributed by atoms with Gasteiger partial charge in [-0.15, -0.1) is 0 Å². The molecule has 0 spiro atoms. The van der Waals surface area contributed by atoms with Crippen molar-refractivity contribution in [3.8, 4) is 11.5 Å². The van der Waals surface area contributed by atoms with Gasteiger partial charge in [0, 0.05) is 31.9 Å². The van der Waals surface area contributed by atoms with E-state index in [1.165, 1.54) is 0 Å². The van der Waals surface area contributed by atoms with E-state index >= 15 is 0 Å². The van der Waals surface area contributed by atoms with Crippen molar-refractivity contribution in [3.05, 3.63) is 42.2 Å². The highest BCUT2D eigenvalue weighted by atomic mass is 16.6. The van der Waals surface area contributed by atoms with Gasteiger partial charge in [0.05, 0.1) is 0 Å². The highest BCUT2D eigenvalue weighted by Gasteiger charge is 2.11. The molecule has 0 fully saturated rings. The van der Waals surface area contributed by atoms with E-state index in [2.05, 4.69) is 10.4 Å². The standard InChI is InChI=1S/C17H21N3O3/c21-17(3-1-9-20-10-2-7-19-20)18-8-6-14-4-5-15-16(13-14)23-12-11-22-15/h2,4-5,7,10,13H,1,3,6,8-9,11-12H2,(H,18,21). The normalized spacial score (nSPS) is 12.9. The first-order valence-corrected chi connectivity index (χ1v) is 7.94. The Morgan fingerprint density at radius 3 is 2.96 bits per heavy atom. The van der Waals surface area contributed by atoms with Crippen LogP contribution in [-0.2, 0) is 17.8 Å². The molecule has 23 heavy (non-hydrogen) atoms. The molecule has 1 aromatic heterocycles. The van der Waals surface area contributed by atoms with Crippen molar-refractivity contribution in [2.75, 3.05) is 19.8 Å². The third kappa shape index (κ3) is 4.48. The number of aromatic nitrogens is 2. The number of carbonyl (C=O) groups is 1. The van der Waals surface area contributed by atoms with E-state index < -0.39 is 0 Å². The summed E-state index contributed by atoms with van der Waals surface area (Å²) in [5.41, 5.74) is 1.13. The molecule has 3 rings (SSSR count). The molecule has 122 valence electrons. The lowest BCUT2D eigenvalue weighted by Gasteiger charge is -2.18. The SMILES string of the molecule is O=C(CCCn1cccn1)NCCc1ccc2c(c1)OCCO2. The van der Waals surface area contributed by atoms with Crippen LogP contribution in [0, 0.1) is 0 Å². The molecule has 0 unspecified atom stereocenters. The first-order valence-electron chi connectivity index (χ1n) is 7.94. The summed E-state index contributed by atoms with van der Waals surface area (Å²) < 4.78 is 12.9. The third-order valence-electron chi connectivity index (χ3n) is 3.69. The van der Waals surface area contributed by atoms with Crippen LogP contribution in [0.5, 0.6) is 11.5 Å². The molecule has 1 amide bonds. The topological polar surface area (TPSA) is 65.4 Å². The Labute approximate surface area is 135 Å². The van der Waals surface area contributed by atoms with Crippen molar-refractivity contribution >= 4 is 5.91 Å². The van der Waals surface area contributed by atoms with Crippen molar-refractivity contribution in [2.45, 2.75) is 25.8 Å². The van der Waals surface area contributed by atoms with Crippen LogP contribution in [0.1, 0.15) is 18.4 Å². The zero-order valence-corrected chi connectivity index (χ0v) is 13.0. The van der Waals surface area contributed by atoms with Crippen LogP contribution >= 0.6 is 0 Å². The fourth-order valence-corrected chi connectivity index (χ4v) is 2.51. The molecule has 6 nitrogen and oxygen atoms in total. The van der Waals surface area contributed by atoms with Crippen LogP contribution in [-0.4, -0.2) is 35.4 Å². The maximum Gasteiger partial charge on any atom is 0.220 e. The van der Waals surface area contributed by atoms with Gasteiger partial charge in [0.25, 0.3) is 0 Å². The van der Waals surface area contributed by atoms with E-state index in [1.54, 1.807) is 6.20 Å². The number of rotatable bonds is 7. The number of hydrogen-bond donors (Lipinski definition) is 1. The lowest BCUT2D eigenvalue weighted by molar-refractivity contribution is -0.121.